The molecule has 0 aliphatic heterocycles. The van der Waals surface area contributed by atoms with E-state index in [1.807, 2.05) is 25.1 Å². The summed E-state index contributed by atoms with van der Waals surface area (Å²) in [4.78, 5) is 4.23. The van der Waals surface area contributed by atoms with Gasteiger partial charge in [0.05, 0.1) is 0 Å². The fraction of sp³-hybridized carbons (Fsp3) is 0.312. The van der Waals surface area contributed by atoms with Gasteiger partial charge in [-0.1, -0.05) is 6.07 Å². The van der Waals surface area contributed by atoms with E-state index in [9.17, 15) is 0 Å². The zero-order valence-corrected chi connectivity index (χ0v) is 11.1. The molecule has 0 saturated heterocycles. The van der Waals surface area contributed by atoms with Gasteiger partial charge in [-0.25, -0.2) is 4.98 Å². The van der Waals surface area contributed by atoms with E-state index in [4.69, 9.17) is 10.5 Å². The highest BCUT2D eigenvalue weighted by Gasteiger charge is 2.12. The summed E-state index contributed by atoms with van der Waals surface area (Å²) in [6.45, 7) is 1.95. The van der Waals surface area contributed by atoms with E-state index in [0.717, 1.165) is 17.7 Å². The molecule has 1 heterocycles. The Labute approximate surface area is 113 Å². The molecule has 0 amide bonds. The van der Waals surface area contributed by atoms with Gasteiger partial charge in [0.1, 0.15) is 5.75 Å². The van der Waals surface area contributed by atoms with Crippen LogP contribution in [0.5, 0.6) is 11.6 Å². The van der Waals surface area contributed by atoms with Gasteiger partial charge in [-0.3, -0.25) is 0 Å². The SMILES string of the molecule is C[C@@H](N)c1ccnc(Oc2ccc3c(c2)CCC3)c1. The molecule has 1 aliphatic carbocycles. The van der Waals surface area contributed by atoms with Gasteiger partial charge in [-0.15, -0.1) is 0 Å². The molecule has 1 aromatic heterocycles. The number of pyridine rings is 1. The Bertz CT molecular complexity index is 593. The van der Waals surface area contributed by atoms with E-state index in [0.29, 0.717) is 5.88 Å². The van der Waals surface area contributed by atoms with Gasteiger partial charge in [-0.2, -0.15) is 0 Å². The molecule has 0 radical (unpaired) electrons. The molecule has 1 atom stereocenters. The van der Waals surface area contributed by atoms with Crippen molar-refractivity contribution in [3.8, 4) is 11.6 Å². The molecule has 0 fully saturated rings. The zero-order chi connectivity index (χ0) is 13.2. The van der Waals surface area contributed by atoms with Crippen LogP contribution in [0, 0.1) is 0 Å². The molecule has 3 heteroatoms. The van der Waals surface area contributed by atoms with Gasteiger partial charge in [0, 0.05) is 18.3 Å². The standard InChI is InChI=1S/C16H18N2O/c1-11(17)13-7-8-18-16(10-13)19-15-6-5-12-3-2-4-14(12)9-15/h5-11H,2-4,17H2,1H3/t11-/m1/s1. The predicted molar refractivity (Wildman–Crippen MR) is 75.4 cm³/mol. The second kappa shape index (κ2) is 5.02. The van der Waals surface area contributed by atoms with Gasteiger partial charge in [0.25, 0.3) is 0 Å². The summed E-state index contributed by atoms with van der Waals surface area (Å²) in [7, 11) is 0. The number of aromatic nitrogens is 1. The lowest BCUT2D eigenvalue weighted by molar-refractivity contribution is 0.461. The fourth-order valence-corrected chi connectivity index (χ4v) is 2.50. The van der Waals surface area contributed by atoms with Gasteiger partial charge in [0.2, 0.25) is 5.88 Å². The zero-order valence-electron chi connectivity index (χ0n) is 11.1. The maximum Gasteiger partial charge on any atom is 0.219 e. The molecular formula is C16H18N2O. The molecule has 19 heavy (non-hydrogen) atoms. The number of rotatable bonds is 3. The third kappa shape index (κ3) is 2.61. The minimum atomic E-state index is -0.00892. The summed E-state index contributed by atoms with van der Waals surface area (Å²) < 4.78 is 5.83. The minimum absolute atomic E-state index is 0.00892. The topological polar surface area (TPSA) is 48.1 Å². The van der Waals surface area contributed by atoms with Crippen LogP contribution in [0.25, 0.3) is 0 Å². The number of hydrogen-bond donors (Lipinski definition) is 1. The van der Waals surface area contributed by atoms with Gasteiger partial charge < -0.3 is 10.5 Å². The number of nitrogens with zero attached hydrogens (tertiary/aromatic N) is 1. The second-order valence-corrected chi connectivity index (χ2v) is 5.10. The monoisotopic (exact) mass is 254 g/mol. The lowest BCUT2D eigenvalue weighted by Gasteiger charge is -2.09. The van der Waals surface area contributed by atoms with Crippen molar-refractivity contribution in [2.24, 2.45) is 5.73 Å². The summed E-state index contributed by atoms with van der Waals surface area (Å²) in [6, 6.07) is 10.1. The Kier molecular flexibility index (Phi) is 3.22. The van der Waals surface area contributed by atoms with Crippen molar-refractivity contribution in [3.05, 3.63) is 53.2 Å². The smallest absolute Gasteiger partial charge is 0.219 e. The number of fused-ring (bicyclic) bond motifs is 1. The van der Waals surface area contributed by atoms with E-state index >= 15 is 0 Å². The first-order valence-electron chi connectivity index (χ1n) is 6.73. The van der Waals surface area contributed by atoms with Crippen molar-refractivity contribution in [3.63, 3.8) is 0 Å². The van der Waals surface area contributed by atoms with Crippen molar-refractivity contribution < 1.29 is 4.74 Å². The molecule has 0 saturated carbocycles. The summed E-state index contributed by atoms with van der Waals surface area (Å²) in [6.07, 6.45) is 5.33. The van der Waals surface area contributed by atoms with E-state index in [2.05, 4.69) is 17.1 Å². The molecule has 0 spiro atoms. The first-order valence-corrected chi connectivity index (χ1v) is 6.73. The van der Waals surface area contributed by atoms with Crippen molar-refractivity contribution >= 4 is 0 Å². The van der Waals surface area contributed by atoms with Crippen molar-refractivity contribution in [2.45, 2.75) is 32.2 Å². The number of hydrogen-bond acceptors (Lipinski definition) is 3. The molecule has 3 nitrogen and oxygen atoms in total. The van der Waals surface area contributed by atoms with Crippen LogP contribution in [-0.2, 0) is 12.8 Å². The minimum Gasteiger partial charge on any atom is -0.439 e. The largest absolute Gasteiger partial charge is 0.439 e. The molecule has 1 aromatic carbocycles. The molecule has 0 bridgehead atoms. The van der Waals surface area contributed by atoms with Crippen molar-refractivity contribution in [1.29, 1.82) is 0 Å². The van der Waals surface area contributed by atoms with Crippen LogP contribution in [0.15, 0.2) is 36.5 Å². The molecule has 3 rings (SSSR count). The molecule has 2 aromatic rings. The molecule has 2 N–H and O–H groups in total. The Balaban J connectivity index is 1.83. The van der Waals surface area contributed by atoms with Crippen LogP contribution in [0.2, 0.25) is 0 Å². The average molecular weight is 254 g/mol. The highest BCUT2D eigenvalue weighted by molar-refractivity contribution is 5.40. The molecular weight excluding hydrogens is 236 g/mol. The Morgan fingerprint density at radius 3 is 2.84 bits per heavy atom. The summed E-state index contributed by atoms with van der Waals surface area (Å²) in [5.41, 5.74) is 9.75. The van der Waals surface area contributed by atoms with E-state index in [-0.39, 0.29) is 6.04 Å². The molecule has 1 aliphatic rings. The van der Waals surface area contributed by atoms with Crippen LogP contribution in [-0.4, -0.2) is 4.98 Å². The fourth-order valence-electron chi connectivity index (χ4n) is 2.50. The second-order valence-electron chi connectivity index (χ2n) is 5.10. The predicted octanol–water partition coefficient (Wildman–Crippen LogP) is 3.38. The van der Waals surface area contributed by atoms with E-state index in [1.165, 1.54) is 24.0 Å². The molecule has 98 valence electrons. The Morgan fingerprint density at radius 2 is 2.00 bits per heavy atom. The maximum absolute atomic E-state index is 5.87. The number of aryl methyl sites for hydroxylation is 2. The Morgan fingerprint density at radius 1 is 1.16 bits per heavy atom. The number of ether oxygens (including phenoxy) is 1. The van der Waals surface area contributed by atoms with Crippen LogP contribution in [0.1, 0.15) is 36.1 Å². The summed E-state index contributed by atoms with van der Waals surface area (Å²) >= 11 is 0. The van der Waals surface area contributed by atoms with Gasteiger partial charge in [-0.05, 0) is 61.1 Å². The van der Waals surface area contributed by atoms with Gasteiger partial charge >= 0.3 is 0 Å². The lowest BCUT2D eigenvalue weighted by atomic mass is 10.1. The molecule has 0 unspecified atom stereocenters. The lowest BCUT2D eigenvalue weighted by Crippen LogP contribution is -2.05. The first-order chi connectivity index (χ1) is 9.22. The third-order valence-corrected chi connectivity index (χ3v) is 3.58. The maximum atomic E-state index is 5.87. The van der Waals surface area contributed by atoms with Crippen LogP contribution < -0.4 is 10.5 Å². The van der Waals surface area contributed by atoms with Gasteiger partial charge in [0.15, 0.2) is 0 Å². The van der Waals surface area contributed by atoms with Crippen LogP contribution >= 0.6 is 0 Å². The van der Waals surface area contributed by atoms with Crippen molar-refractivity contribution in [2.75, 3.05) is 0 Å². The van der Waals surface area contributed by atoms with Crippen LogP contribution in [0.4, 0.5) is 0 Å². The number of benzene rings is 1. The highest BCUT2D eigenvalue weighted by Crippen LogP contribution is 2.28. The van der Waals surface area contributed by atoms with E-state index < -0.39 is 0 Å². The van der Waals surface area contributed by atoms with E-state index in [1.54, 1.807) is 6.20 Å². The Hall–Kier alpha value is -1.87. The quantitative estimate of drug-likeness (QED) is 0.913. The highest BCUT2D eigenvalue weighted by atomic mass is 16.5. The number of nitrogens with two attached hydrogens (primary N) is 1. The average Bonchev–Trinajstić information content (AvgIpc) is 2.86. The summed E-state index contributed by atoms with van der Waals surface area (Å²) in [5.74, 6) is 1.46. The van der Waals surface area contributed by atoms with Crippen LogP contribution in [0.3, 0.4) is 0 Å². The third-order valence-electron chi connectivity index (χ3n) is 3.58. The normalized spacial score (nSPS) is 15.1. The van der Waals surface area contributed by atoms with Crippen molar-refractivity contribution in [1.82, 2.24) is 4.98 Å². The first kappa shape index (κ1) is 12.2. The summed E-state index contributed by atoms with van der Waals surface area (Å²) in [5, 5.41) is 0.